The second-order valence-corrected chi connectivity index (χ2v) is 6.96. The van der Waals surface area contributed by atoms with E-state index in [1.807, 2.05) is 49.4 Å². The van der Waals surface area contributed by atoms with Crippen LogP contribution in [0.2, 0.25) is 0 Å². The van der Waals surface area contributed by atoms with E-state index < -0.39 is 0 Å². The topological polar surface area (TPSA) is 46.6 Å². The Morgan fingerprint density at radius 2 is 1.50 bits per heavy atom. The fraction of sp³-hybridized carbons (Fsp3) is 0.0476. The Hall–Kier alpha value is -2.92. The summed E-state index contributed by atoms with van der Waals surface area (Å²) in [6.45, 7) is 1.92. The van der Waals surface area contributed by atoms with Gasteiger partial charge in [-0.15, -0.1) is 0 Å². The van der Waals surface area contributed by atoms with Crippen molar-refractivity contribution in [3.63, 3.8) is 0 Å². The summed E-state index contributed by atoms with van der Waals surface area (Å²) in [4.78, 5) is 26.7. The van der Waals surface area contributed by atoms with Gasteiger partial charge in [0.05, 0.1) is 16.8 Å². The second-order valence-electron chi connectivity index (χ2n) is 6.05. The lowest BCUT2D eigenvalue weighted by Gasteiger charge is -2.14. The number of nitrogens with zero attached hydrogens (tertiary/aromatic N) is 1. The van der Waals surface area contributed by atoms with Crippen LogP contribution < -0.4 is 9.64 Å². The Labute approximate surface area is 159 Å². The van der Waals surface area contributed by atoms with Crippen LogP contribution in [-0.2, 0) is 0 Å². The smallest absolute Gasteiger partial charge is 0.266 e. The number of aryl methyl sites for hydroxylation is 1. The second kappa shape index (κ2) is 6.42. The monoisotopic (exact) mass is 407 g/mol. The molecular formula is C21H14BrNO3. The molecule has 26 heavy (non-hydrogen) atoms. The molecule has 4 rings (SSSR count). The molecule has 0 spiro atoms. The molecule has 0 unspecified atom stereocenters. The van der Waals surface area contributed by atoms with Crippen molar-refractivity contribution < 1.29 is 14.3 Å². The molecule has 0 bridgehead atoms. The maximum atomic E-state index is 12.8. The molecule has 0 saturated heterocycles. The molecule has 0 fully saturated rings. The molecular weight excluding hydrogens is 394 g/mol. The maximum absolute atomic E-state index is 12.8. The number of halogens is 1. The Morgan fingerprint density at radius 3 is 2.23 bits per heavy atom. The van der Waals surface area contributed by atoms with E-state index >= 15 is 0 Å². The first-order valence-electron chi connectivity index (χ1n) is 8.06. The van der Waals surface area contributed by atoms with Crippen molar-refractivity contribution in [1.82, 2.24) is 0 Å². The minimum Gasteiger partial charge on any atom is -0.457 e. The van der Waals surface area contributed by atoms with Crippen LogP contribution in [0.1, 0.15) is 26.3 Å². The van der Waals surface area contributed by atoms with Crippen LogP contribution in [0.25, 0.3) is 0 Å². The highest BCUT2D eigenvalue weighted by atomic mass is 79.9. The highest BCUT2D eigenvalue weighted by molar-refractivity contribution is 9.10. The highest BCUT2D eigenvalue weighted by Crippen LogP contribution is 2.32. The summed E-state index contributed by atoms with van der Waals surface area (Å²) in [6, 6.07) is 19.7. The molecule has 5 heteroatoms. The molecule has 1 heterocycles. The van der Waals surface area contributed by atoms with Gasteiger partial charge in [-0.3, -0.25) is 9.59 Å². The van der Waals surface area contributed by atoms with Crippen LogP contribution in [-0.4, -0.2) is 11.8 Å². The van der Waals surface area contributed by atoms with Gasteiger partial charge in [-0.1, -0.05) is 28.1 Å². The highest BCUT2D eigenvalue weighted by Gasteiger charge is 2.37. The SMILES string of the molecule is Cc1cccc(N2C(=O)c3ccc(Oc4ccc(Br)cc4)cc3C2=O)c1. The van der Waals surface area contributed by atoms with E-state index in [1.54, 1.807) is 24.3 Å². The summed E-state index contributed by atoms with van der Waals surface area (Å²) in [5.41, 5.74) is 2.30. The summed E-state index contributed by atoms with van der Waals surface area (Å²) in [5.74, 6) is 0.515. The number of amides is 2. The van der Waals surface area contributed by atoms with Gasteiger partial charge >= 0.3 is 0 Å². The number of hydrogen-bond donors (Lipinski definition) is 0. The number of benzene rings is 3. The van der Waals surface area contributed by atoms with Gasteiger partial charge in [-0.2, -0.15) is 0 Å². The van der Waals surface area contributed by atoms with Gasteiger partial charge in [0.1, 0.15) is 11.5 Å². The van der Waals surface area contributed by atoms with E-state index in [9.17, 15) is 9.59 Å². The molecule has 4 nitrogen and oxygen atoms in total. The van der Waals surface area contributed by atoms with E-state index in [2.05, 4.69) is 15.9 Å². The first kappa shape index (κ1) is 16.5. The van der Waals surface area contributed by atoms with E-state index in [0.717, 1.165) is 10.0 Å². The van der Waals surface area contributed by atoms with E-state index in [0.29, 0.717) is 28.3 Å². The third kappa shape index (κ3) is 2.91. The Bertz CT molecular complexity index is 1030. The standard InChI is InChI=1S/C21H14BrNO3/c1-13-3-2-4-15(11-13)23-20(24)18-10-9-17(12-19(18)21(23)25)26-16-7-5-14(22)6-8-16/h2-12H,1H3. The molecule has 0 aliphatic carbocycles. The molecule has 128 valence electrons. The molecule has 0 aromatic heterocycles. The van der Waals surface area contributed by atoms with Crippen molar-refractivity contribution in [2.24, 2.45) is 0 Å². The summed E-state index contributed by atoms with van der Waals surface area (Å²) in [5, 5.41) is 0. The summed E-state index contributed by atoms with van der Waals surface area (Å²) >= 11 is 3.38. The number of carbonyl (C=O) groups is 2. The minimum atomic E-state index is -0.336. The third-order valence-electron chi connectivity index (χ3n) is 4.17. The van der Waals surface area contributed by atoms with Crippen molar-refractivity contribution in [1.29, 1.82) is 0 Å². The van der Waals surface area contributed by atoms with Crippen molar-refractivity contribution in [2.45, 2.75) is 6.92 Å². The predicted octanol–water partition coefficient (Wildman–Crippen LogP) is 5.35. The van der Waals surface area contributed by atoms with E-state index in [1.165, 1.54) is 4.90 Å². The van der Waals surface area contributed by atoms with Gasteiger partial charge in [0.25, 0.3) is 11.8 Å². The number of fused-ring (bicyclic) bond motifs is 1. The third-order valence-corrected chi connectivity index (χ3v) is 4.70. The number of imide groups is 1. The summed E-state index contributed by atoms with van der Waals surface area (Å²) < 4.78 is 6.75. The van der Waals surface area contributed by atoms with Gasteiger partial charge in [0, 0.05) is 4.47 Å². The molecule has 1 aliphatic rings. The molecule has 0 saturated carbocycles. The first-order valence-corrected chi connectivity index (χ1v) is 8.85. The Balaban J connectivity index is 1.67. The largest absolute Gasteiger partial charge is 0.457 e. The van der Waals surface area contributed by atoms with Gasteiger partial charge in [-0.25, -0.2) is 4.90 Å². The van der Waals surface area contributed by atoms with Crippen LogP contribution in [0.4, 0.5) is 5.69 Å². The summed E-state index contributed by atoms with van der Waals surface area (Å²) in [7, 11) is 0. The van der Waals surface area contributed by atoms with Crippen LogP contribution in [0.5, 0.6) is 11.5 Å². The van der Waals surface area contributed by atoms with Crippen molar-refractivity contribution >= 4 is 33.4 Å². The average molecular weight is 408 g/mol. The fourth-order valence-corrected chi connectivity index (χ4v) is 3.19. The molecule has 0 N–H and O–H groups in total. The molecule has 3 aromatic rings. The maximum Gasteiger partial charge on any atom is 0.266 e. The average Bonchev–Trinajstić information content (AvgIpc) is 2.87. The zero-order valence-corrected chi connectivity index (χ0v) is 15.5. The van der Waals surface area contributed by atoms with Crippen molar-refractivity contribution in [3.05, 3.63) is 87.9 Å². The van der Waals surface area contributed by atoms with Gasteiger partial charge in [0.2, 0.25) is 0 Å². The fourth-order valence-electron chi connectivity index (χ4n) is 2.92. The zero-order valence-electron chi connectivity index (χ0n) is 13.9. The van der Waals surface area contributed by atoms with Crippen LogP contribution in [0.15, 0.2) is 71.2 Å². The Morgan fingerprint density at radius 1 is 0.808 bits per heavy atom. The van der Waals surface area contributed by atoms with Crippen molar-refractivity contribution in [2.75, 3.05) is 4.90 Å². The van der Waals surface area contributed by atoms with Crippen LogP contribution >= 0.6 is 15.9 Å². The van der Waals surface area contributed by atoms with Gasteiger partial charge in [0.15, 0.2) is 0 Å². The normalized spacial score (nSPS) is 13.1. The lowest BCUT2D eigenvalue weighted by atomic mass is 10.1. The van der Waals surface area contributed by atoms with Gasteiger partial charge in [-0.05, 0) is 67.1 Å². The summed E-state index contributed by atoms with van der Waals surface area (Å²) in [6.07, 6.45) is 0. The quantitative estimate of drug-likeness (QED) is 0.549. The predicted molar refractivity (Wildman–Crippen MR) is 103 cm³/mol. The minimum absolute atomic E-state index is 0.314. The first-order chi connectivity index (χ1) is 12.5. The van der Waals surface area contributed by atoms with Crippen LogP contribution in [0.3, 0.4) is 0 Å². The Kier molecular flexibility index (Phi) is 4.09. The van der Waals surface area contributed by atoms with E-state index in [-0.39, 0.29) is 11.8 Å². The van der Waals surface area contributed by atoms with E-state index in [4.69, 9.17) is 4.74 Å². The molecule has 3 aromatic carbocycles. The molecule has 2 amide bonds. The van der Waals surface area contributed by atoms with Gasteiger partial charge < -0.3 is 4.74 Å². The molecule has 0 atom stereocenters. The number of rotatable bonds is 3. The number of ether oxygens (including phenoxy) is 1. The molecule has 1 aliphatic heterocycles. The molecule has 0 radical (unpaired) electrons. The lowest BCUT2D eigenvalue weighted by Crippen LogP contribution is -2.29. The number of anilines is 1. The lowest BCUT2D eigenvalue weighted by molar-refractivity contribution is 0.0926. The zero-order chi connectivity index (χ0) is 18.3. The van der Waals surface area contributed by atoms with Crippen molar-refractivity contribution in [3.8, 4) is 11.5 Å². The number of carbonyl (C=O) groups excluding carboxylic acids is 2. The number of hydrogen-bond acceptors (Lipinski definition) is 3. The van der Waals surface area contributed by atoms with Crippen LogP contribution in [0, 0.1) is 6.92 Å².